The van der Waals surface area contributed by atoms with E-state index in [0.717, 1.165) is 32.4 Å². The molecule has 1 heterocycles. The summed E-state index contributed by atoms with van der Waals surface area (Å²) in [5.74, 6) is 0.134. The first-order valence-electron chi connectivity index (χ1n) is 5.96. The fourth-order valence-electron chi connectivity index (χ4n) is 2.46. The third-order valence-electron chi connectivity index (χ3n) is 3.87. The van der Waals surface area contributed by atoms with E-state index in [0.29, 0.717) is 0 Å². The van der Waals surface area contributed by atoms with Gasteiger partial charge in [-0.2, -0.15) is 0 Å². The maximum atomic E-state index is 11.3. The van der Waals surface area contributed by atoms with Gasteiger partial charge in [-0.1, -0.05) is 20.8 Å². The van der Waals surface area contributed by atoms with Crippen molar-refractivity contribution in [3.63, 3.8) is 0 Å². The molecule has 3 heteroatoms. The van der Waals surface area contributed by atoms with Gasteiger partial charge in [-0.05, 0) is 6.42 Å². The maximum Gasteiger partial charge on any atom is 0.239 e. The first-order chi connectivity index (χ1) is 7.32. The minimum atomic E-state index is -0.294. The molecule has 3 nitrogen and oxygen atoms in total. The molecule has 1 saturated heterocycles. The molecule has 16 heavy (non-hydrogen) atoms. The van der Waals surface area contributed by atoms with E-state index in [4.69, 9.17) is 6.57 Å². The van der Waals surface area contributed by atoms with Crippen molar-refractivity contribution >= 4 is 5.91 Å². The number of amides is 1. The van der Waals surface area contributed by atoms with Crippen LogP contribution in [0.3, 0.4) is 0 Å². The Balaban J connectivity index is 2.86. The third-order valence-corrected chi connectivity index (χ3v) is 3.87. The Bertz CT molecular complexity index is 311. The smallest absolute Gasteiger partial charge is 0.239 e. The molecule has 1 aliphatic heterocycles. The van der Waals surface area contributed by atoms with E-state index in [9.17, 15) is 4.79 Å². The minimum absolute atomic E-state index is 0.0124. The highest BCUT2D eigenvalue weighted by molar-refractivity contribution is 5.73. The second-order valence-electron chi connectivity index (χ2n) is 5.75. The van der Waals surface area contributed by atoms with E-state index in [1.54, 1.807) is 6.92 Å². The summed E-state index contributed by atoms with van der Waals surface area (Å²) in [5.41, 5.74) is -0.307. The van der Waals surface area contributed by atoms with Crippen LogP contribution >= 0.6 is 0 Å². The highest BCUT2D eigenvalue weighted by atomic mass is 16.2. The van der Waals surface area contributed by atoms with Crippen molar-refractivity contribution in [1.29, 1.82) is 0 Å². The van der Waals surface area contributed by atoms with E-state index < -0.39 is 0 Å². The van der Waals surface area contributed by atoms with Crippen molar-refractivity contribution in [3.8, 4) is 0 Å². The SMILES string of the molecule is [C-]#[N+]C1(C(C)(C)C)CCCN(C(C)=O)CC1. The Kier molecular flexibility index (Phi) is 3.62. The molecule has 1 aliphatic rings. The van der Waals surface area contributed by atoms with Crippen LogP contribution < -0.4 is 0 Å². The molecule has 0 saturated carbocycles. The number of nitrogens with zero attached hydrogens (tertiary/aromatic N) is 2. The molecule has 1 unspecified atom stereocenters. The monoisotopic (exact) mass is 222 g/mol. The second kappa shape index (κ2) is 4.45. The van der Waals surface area contributed by atoms with Gasteiger partial charge in [-0.3, -0.25) is 4.79 Å². The molecular formula is C13H22N2O. The van der Waals surface area contributed by atoms with Gasteiger partial charge in [0.25, 0.3) is 0 Å². The van der Waals surface area contributed by atoms with Crippen LogP contribution in [0, 0.1) is 12.0 Å². The molecule has 0 N–H and O–H groups in total. The molecule has 90 valence electrons. The molecular weight excluding hydrogens is 200 g/mol. The summed E-state index contributed by atoms with van der Waals surface area (Å²) in [7, 11) is 0. The van der Waals surface area contributed by atoms with Gasteiger partial charge < -0.3 is 9.74 Å². The zero-order chi connectivity index (χ0) is 12.4. The van der Waals surface area contributed by atoms with Gasteiger partial charge in [0.1, 0.15) is 0 Å². The summed E-state index contributed by atoms with van der Waals surface area (Å²) in [6.07, 6.45) is 2.66. The lowest BCUT2D eigenvalue weighted by Crippen LogP contribution is -2.41. The van der Waals surface area contributed by atoms with E-state index >= 15 is 0 Å². The molecule has 0 aromatic heterocycles. The fourth-order valence-corrected chi connectivity index (χ4v) is 2.46. The van der Waals surface area contributed by atoms with E-state index in [-0.39, 0.29) is 16.9 Å². The first-order valence-corrected chi connectivity index (χ1v) is 5.96. The van der Waals surface area contributed by atoms with Gasteiger partial charge >= 0.3 is 0 Å². The number of carbonyl (C=O) groups is 1. The number of rotatable bonds is 0. The number of hydrogen-bond donors (Lipinski definition) is 0. The lowest BCUT2D eigenvalue weighted by atomic mass is 9.70. The van der Waals surface area contributed by atoms with Crippen LogP contribution in [0.25, 0.3) is 4.85 Å². The first kappa shape index (κ1) is 13.0. The molecule has 1 fully saturated rings. The van der Waals surface area contributed by atoms with Crippen LogP contribution in [0.1, 0.15) is 47.0 Å². The average Bonchev–Trinajstić information content (AvgIpc) is 2.39. The zero-order valence-corrected chi connectivity index (χ0v) is 10.8. The summed E-state index contributed by atoms with van der Waals surface area (Å²) < 4.78 is 0. The van der Waals surface area contributed by atoms with Gasteiger partial charge in [0.15, 0.2) is 0 Å². The highest BCUT2D eigenvalue weighted by Gasteiger charge is 2.49. The normalized spacial score (nSPS) is 27.1. The molecule has 1 atom stereocenters. The van der Waals surface area contributed by atoms with Gasteiger partial charge in [0.2, 0.25) is 11.4 Å². The molecule has 0 aromatic rings. The van der Waals surface area contributed by atoms with Crippen LogP contribution in [0.5, 0.6) is 0 Å². The summed E-state index contributed by atoms with van der Waals surface area (Å²) in [5, 5.41) is 0. The lowest BCUT2D eigenvalue weighted by molar-refractivity contribution is -0.128. The largest absolute Gasteiger partial charge is 0.343 e. The quantitative estimate of drug-likeness (QED) is 0.578. The molecule has 0 aliphatic carbocycles. The van der Waals surface area contributed by atoms with Gasteiger partial charge in [-0.15, -0.1) is 0 Å². The number of carbonyl (C=O) groups excluding carboxylic acids is 1. The predicted molar refractivity (Wildman–Crippen MR) is 64.9 cm³/mol. The van der Waals surface area contributed by atoms with Crippen molar-refractivity contribution in [2.75, 3.05) is 13.1 Å². The second-order valence-corrected chi connectivity index (χ2v) is 5.75. The minimum Gasteiger partial charge on any atom is -0.343 e. The molecule has 1 amide bonds. The van der Waals surface area contributed by atoms with Crippen molar-refractivity contribution in [3.05, 3.63) is 11.4 Å². The van der Waals surface area contributed by atoms with E-state index in [1.807, 2.05) is 4.90 Å². The average molecular weight is 222 g/mol. The summed E-state index contributed by atoms with van der Waals surface area (Å²) in [4.78, 5) is 17.1. The third kappa shape index (κ3) is 2.37. The highest BCUT2D eigenvalue weighted by Crippen LogP contribution is 2.42. The fraction of sp³-hybridized carbons (Fsp3) is 0.846. The van der Waals surface area contributed by atoms with Crippen molar-refractivity contribution < 1.29 is 4.79 Å². The van der Waals surface area contributed by atoms with Crippen LogP contribution in [-0.2, 0) is 4.79 Å². The Hall–Kier alpha value is -1.04. The Morgan fingerprint density at radius 1 is 1.31 bits per heavy atom. The van der Waals surface area contributed by atoms with Crippen molar-refractivity contribution in [2.24, 2.45) is 5.41 Å². The van der Waals surface area contributed by atoms with Gasteiger partial charge in [-0.25, -0.2) is 6.57 Å². The maximum absolute atomic E-state index is 11.3. The lowest BCUT2D eigenvalue weighted by Gasteiger charge is -2.33. The molecule has 0 radical (unpaired) electrons. The Labute approximate surface area is 98.6 Å². The van der Waals surface area contributed by atoms with Crippen molar-refractivity contribution in [1.82, 2.24) is 4.90 Å². The zero-order valence-electron chi connectivity index (χ0n) is 10.8. The predicted octanol–water partition coefficient (Wildman–Crippen LogP) is 2.72. The van der Waals surface area contributed by atoms with E-state index in [2.05, 4.69) is 25.6 Å². The standard InChI is InChI=1S/C13H22N2O/c1-11(16)15-9-6-7-13(14-5,8-10-15)12(2,3)4/h6-10H2,1-4H3. The van der Waals surface area contributed by atoms with Gasteiger partial charge in [0, 0.05) is 38.3 Å². The Morgan fingerprint density at radius 3 is 2.38 bits per heavy atom. The summed E-state index contributed by atoms with van der Waals surface area (Å²) in [6.45, 7) is 17.0. The number of likely N-dealkylation sites (tertiary alicyclic amines) is 1. The van der Waals surface area contributed by atoms with Crippen LogP contribution in [0.4, 0.5) is 0 Å². The summed E-state index contributed by atoms with van der Waals surface area (Å²) >= 11 is 0. The molecule has 0 aromatic carbocycles. The topological polar surface area (TPSA) is 24.7 Å². The Morgan fingerprint density at radius 2 is 1.94 bits per heavy atom. The van der Waals surface area contributed by atoms with Crippen LogP contribution in [-0.4, -0.2) is 29.4 Å². The van der Waals surface area contributed by atoms with Crippen LogP contribution in [0.15, 0.2) is 0 Å². The van der Waals surface area contributed by atoms with E-state index in [1.165, 1.54) is 0 Å². The van der Waals surface area contributed by atoms with Gasteiger partial charge in [0.05, 0.1) is 0 Å². The van der Waals surface area contributed by atoms with Crippen molar-refractivity contribution in [2.45, 2.75) is 52.5 Å². The molecule has 0 spiro atoms. The molecule has 0 bridgehead atoms. The summed E-state index contributed by atoms with van der Waals surface area (Å²) in [6, 6.07) is 0. The number of hydrogen-bond acceptors (Lipinski definition) is 1. The van der Waals surface area contributed by atoms with Crippen LogP contribution in [0.2, 0.25) is 0 Å². The molecule has 1 rings (SSSR count).